The summed E-state index contributed by atoms with van der Waals surface area (Å²) >= 11 is 0. The topological polar surface area (TPSA) is 54.4 Å². The van der Waals surface area contributed by atoms with E-state index < -0.39 is 0 Å². The lowest BCUT2D eigenvalue weighted by Crippen LogP contribution is -2.36. The van der Waals surface area contributed by atoms with Crippen molar-refractivity contribution in [2.45, 2.75) is 57.5 Å². The van der Waals surface area contributed by atoms with Gasteiger partial charge in [-0.1, -0.05) is 25.3 Å². The third-order valence-corrected chi connectivity index (χ3v) is 6.55. The number of anilines is 1. The Morgan fingerprint density at radius 1 is 0.966 bits per heavy atom. The van der Waals surface area contributed by atoms with Crippen LogP contribution in [-0.2, 0) is 24.2 Å². The molecule has 1 saturated heterocycles. The van der Waals surface area contributed by atoms with Gasteiger partial charge in [-0.2, -0.15) is 0 Å². The fourth-order valence-electron chi connectivity index (χ4n) is 4.83. The molecule has 2 aliphatic heterocycles. The predicted octanol–water partition coefficient (Wildman–Crippen LogP) is 3.31. The summed E-state index contributed by atoms with van der Waals surface area (Å²) in [5.41, 5.74) is 3.84. The molecule has 6 nitrogen and oxygen atoms in total. The van der Waals surface area contributed by atoms with Gasteiger partial charge in [0.2, 0.25) is 0 Å². The van der Waals surface area contributed by atoms with Crippen molar-refractivity contribution in [3.05, 3.63) is 47.2 Å². The standard InChI is InChI=1S/C23H31N5O/c1-2-4-19(5-3-1)23-25-15-20-17-27(9-8-21(20)26-23)16-18-6-7-22(24-14-18)28-10-12-29-13-11-28/h6-7,14-15,19H,1-5,8-13,16-17H2. The first kappa shape index (κ1) is 18.9. The molecular formula is C23H31N5O. The molecule has 6 heteroatoms. The van der Waals surface area contributed by atoms with E-state index in [0.29, 0.717) is 5.92 Å². The minimum absolute atomic E-state index is 0.586. The second-order valence-corrected chi connectivity index (χ2v) is 8.62. The van der Waals surface area contributed by atoms with Crippen LogP contribution >= 0.6 is 0 Å². The van der Waals surface area contributed by atoms with E-state index in [0.717, 1.165) is 64.0 Å². The van der Waals surface area contributed by atoms with Crippen molar-refractivity contribution in [3.8, 4) is 0 Å². The van der Waals surface area contributed by atoms with Crippen LogP contribution in [0.1, 0.15) is 60.7 Å². The molecule has 0 bridgehead atoms. The number of aromatic nitrogens is 3. The van der Waals surface area contributed by atoms with E-state index in [1.165, 1.54) is 48.9 Å². The molecule has 0 atom stereocenters. The number of rotatable bonds is 4. The summed E-state index contributed by atoms with van der Waals surface area (Å²) < 4.78 is 5.43. The molecule has 2 fully saturated rings. The van der Waals surface area contributed by atoms with Gasteiger partial charge in [0.25, 0.3) is 0 Å². The monoisotopic (exact) mass is 393 g/mol. The Balaban J connectivity index is 1.20. The van der Waals surface area contributed by atoms with E-state index in [9.17, 15) is 0 Å². The summed E-state index contributed by atoms with van der Waals surface area (Å²) in [5.74, 6) is 2.74. The van der Waals surface area contributed by atoms with Gasteiger partial charge in [-0.15, -0.1) is 0 Å². The average molecular weight is 394 g/mol. The van der Waals surface area contributed by atoms with E-state index in [4.69, 9.17) is 19.7 Å². The quantitative estimate of drug-likeness (QED) is 0.794. The maximum Gasteiger partial charge on any atom is 0.131 e. The van der Waals surface area contributed by atoms with Crippen LogP contribution in [0.15, 0.2) is 24.5 Å². The lowest BCUT2D eigenvalue weighted by Gasteiger charge is -2.30. The predicted molar refractivity (Wildman–Crippen MR) is 113 cm³/mol. The maximum atomic E-state index is 5.43. The molecule has 0 unspecified atom stereocenters. The Bertz CT molecular complexity index is 813. The first-order valence-corrected chi connectivity index (χ1v) is 11.2. The summed E-state index contributed by atoms with van der Waals surface area (Å²) in [7, 11) is 0. The van der Waals surface area contributed by atoms with Gasteiger partial charge in [0.05, 0.1) is 13.2 Å². The van der Waals surface area contributed by atoms with Gasteiger partial charge in [0.15, 0.2) is 0 Å². The highest BCUT2D eigenvalue weighted by molar-refractivity contribution is 5.39. The summed E-state index contributed by atoms with van der Waals surface area (Å²) in [6.07, 6.45) is 11.7. The zero-order valence-corrected chi connectivity index (χ0v) is 17.2. The normalized spacial score (nSPS) is 21.2. The van der Waals surface area contributed by atoms with E-state index in [1.54, 1.807) is 0 Å². The van der Waals surface area contributed by atoms with Gasteiger partial charge in [0.1, 0.15) is 11.6 Å². The first-order chi connectivity index (χ1) is 14.3. The molecule has 0 aromatic carbocycles. The van der Waals surface area contributed by atoms with Gasteiger partial charge >= 0.3 is 0 Å². The van der Waals surface area contributed by atoms with E-state index >= 15 is 0 Å². The molecule has 0 amide bonds. The molecule has 0 N–H and O–H groups in total. The number of ether oxygens (including phenoxy) is 1. The van der Waals surface area contributed by atoms with E-state index in [-0.39, 0.29) is 0 Å². The first-order valence-electron chi connectivity index (χ1n) is 11.2. The van der Waals surface area contributed by atoms with Crippen molar-refractivity contribution in [2.75, 3.05) is 37.7 Å². The summed E-state index contributed by atoms with van der Waals surface area (Å²) in [6, 6.07) is 4.37. The van der Waals surface area contributed by atoms with Crippen LogP contribution in [-0.4, -0.2) is 52.7 Å². The maximum absolute atomic E-state index is 5.43. The van der Waals surface area contributed by atoms with Crippen molar-refractivity contribution in [2.24, 2.45) is 0 Å². The largest absolute Gasteiger partial charge is 0.378 e. The fourth-order valence-corrected chi connectivity index (χ4v) is 4.83. The molecule has 1 aliphatic carbocycles. The van der Waals surface area contributed by atoms with E-state index in [1.807, 2.05) is 6.20 Å². The van der Waals surface area contributed by atoms with Crippen LogP contribution < -0.4 is 4.90 Å². The highest BCUT2D eigenvalue weighted by Gasteiger charge is 2.23. The molecule has 0 spiro atoms. The second-order valence-electron chi connectivity index (χ2n) is 8.62. The highest BCUT2D eigenvalue weighted by atomic mass is 16.5. The SMILES string of the molecule is c1cc(N2CCOCC2)ncc1CN1CCc2nc(C3CCCCC3)ncc2C1. The van der Waals surface area contributed by atoms with Gasteiger partial charge in [-0.05, 0) is 24.5 Å². The molecule has 154 valence electrons. The lowest BCUT2D eigenvalue weighted by molar-refractivity contribution is 0.122. The minimum atomic E-state index is 0.586. The van der Waals surface area contributed by atoms with Gasteiger partial charge < -0.3 is 9.64 Å². The van der Waals surface area contributed by atoms with Gasteiger partial charge in [0, 0.05) is 68.7 Å². The Hall–Kier alpha value is -2.05. The molecule has 5 rings (SSSR count). The Morgan fingerprint density at radius 2 is 1.83 bits per heavy atom. The molecule has 4 heterocycles. The zero-order valence-electron chi connectivity index (χ0n) is 17.2. The molecule has 2 aromatic rings. The van der Waals surface area contributed by atoms with Gasteiger partial charge in [-0.3, -0.25) is 4.90 Å². The number of hydrogen-bond donors (Lipinski definition) is 0. The smallest absolute Gasteiger partial charge is 0.131 e. The molecular weight excluding hydrogens is 362 g/mol. The Kier molecular flexibility index (Phi) is 5.72. The summed E-state index contributed by atoms with van der Waals surface area (Å²) in [6.45, 7) is 6.36. The average Bonchev–Trinajstić information content (AvgIpc) is 2.80. The number of pyridine rings is 1. The van der Waals surface area contributed by atoms with Crippen LogP contribution in [0.5, 0.6) is 0 Å². The number of morpholine rings is 1. The Morgan fingerprint density at radius 3 is 2.62 bits per heavy atom. The van der Waals surface area contributed by atoms with Crippen LogP contribution in [0.2, 0.25) is 0 Å². The molecule has 2 aromatic heterocycles. The number of nitrogens with zero attached hydrogens (tertiary/aromatic N) is 5. The zero-order chi connectivity index (χ0) is 19.5. The third kappa shape index (κ3) is 4.43. The van der Waals surface area contributed by atoms with E-state index in [2.05, 4.69) is 28.1 Å². The molecule has 0 radical (unpaired) electrons. The summed E-state index contributed by atoms with van der Waals surface area (Å²) in [5, 5.41) is 0. The minimum Gasteiger partial charge on any atom is -0.378 e. The van der Waals surface area contributed by atoms with Crippen LogP contribution in [0.25, 0.3) is 0 Å². The second kappa shape index (κ2) is 8.76. The van der Waals surface area contributed by atoms with Crippen LogP contribution in [0.4, 0.5) is 5.82 Å². The van der Waals surface area contributed by atoms with Crippen molar-refractivity contribution < 1.29 is 4.74 Å². The summed E-state index contributed by atoms with van der Waals surface area (Å²) in [4.78, 5) is 19.2. The van der Waals surface area contributed by atoms with Crippen molar-refractivity contribution in [1.82, 2.24) is 19.9 Å². The van der Waals surface area contributed by atoms with Gasteiger partial charge in [-0.25, -0.2) is 15.0 Å². The lowest BCUT2D eigenvalue weighted by atomic mass is 9.88. The van der Waals surface area contributed by atoms with Crippen molar-refractivity contribution in [3.63, 3.8) is 0 Å². The molecule has 1 saturated carbocycles. The number of hydrogen-bond acceptors (Lipinski definition) is 6. The number of fused-ring (bicyclic) bond motifs is 1. The van der Waals surface area contributed by atoms with Crippen LogP contribution in [0.3, 0.4) is 0 Å². The highest BCUT2D eigenvalue weighted by Crippen LogP contribution is 2.31. The molecule has 29 heavy (non-hydrogen) atoms. The third-order valence-electron chi connectivity index (χ3n) is 6.55. The van der Waals surface area contributed by atoms with Crippen molar-refractivity contribution >= 4 is 5.82 Å². The van der Waals surface area contributed by atoms with Crippen molar-refractivity contribution in [1.29, 1.82) is 0 Å². The Labute approximate surface area is 173 Å². The fraction of sp³-hybridized carbons (Fsp3) is 0.609. The molecule has 3 aliphatic rings. The van der Waals surface area contributed by atoms with Crippen LogP contribution in [0, 0.1) is 0 Å².